The molecule has 1 amide bonds. The number of nitrogens with one attached hydrogen (secondary N) is 1. The summed E-state index contributed by atoms with van der Waals surface area (Å²) in [4.78, 5) is 12.1. The van der Waals surface area contributed by atoms with Gasteiger partial charge in [0.15, 0.2) is 11.5 Å². The van der Waals surface area contributed by atoms with E-state index in [4.69, 9.17) is 26.8 Å². The molecule has 1 aromatic carbocycles. The van der Waals surface area contributed by atoms with Crippen molar-refractivity contribution in [1.29, 1.82) is 0 Å². The summed E-state index contributed by atoms with van der Waals surface area (Å²) in [6, 6.07) is 3.10. The lowest BCUT2D eigenvalue weighted by molar-refractivity contribution is -0.117. The highest BCUT2D eigenvalue weighted by Gasteiger charge is 2.24. The van der Waals surface area contributed by atoms with Gasteiger partial charge in [-0.25, -0.2) is 0 Å². The molecule has 5 nitrogen and oxygen atoms in total. The maximum atomic E-state index is 12.1. The van der Waals surface area contributed by atoms with Crippen molar-refractivity contribution in [1.82, 2.24) is 0 Å². The number of rotatable bonds is 3. The monoisotopic (exact) mass is 312 g/mol. The van der Waals surface area contributed by atoms with Crippen molar-refractivity contribution in [3.8, 4) is 11.5 Å². The maximum Gasteiger partial charge on any atom is 0.225 e. The SMILES string of the molecule is CC(C)(C)C(N)CC(=O)Nc1cc2c(cc1Cl)OCCO2. The standard InChI is InChI=1S/C15H21ClN2O3/c1-15(2,3)13(17)8-14(19)18-10-7-12-11(6-9(10)16)20-4-5-21-12/h6-7,13H,4-5,8,17H2,1-3H3,(H,18,19). The van der Waals surface area contributed by atoms with Crippen LogP contribution < -0.4 is 20.5 Å². The quantitative estimate of drug-likeness (QED) is 0.900. The highest BCUT2D eigenvalue weighted by Crippen LogP contribution is 2.38. The number of anilines is 1. The number of benzene rings is 1. The second kappa shape index (κ2) is 6.12. The van der Waals surface area contributed by atoms with Gasteiger partial charge in [-0.15, -0.1) is 0 Å². The van der Waals surface area contributed by atoms with Gasteiger partial charge >= 0.3 is 0 Å². The molecule has 1 aliphatic heterocycles. The highest BCUT2D eigenvalue weighted by molar-refractivity contribution is 6.34. The van der Waals surface area contributed by atoms with Crippen molar-refractivity contribution in [2.75, 3.05) is 18.5 Å². The normalized spacial score (nSPS) is 15.5. The summed E-state index contributed by atoms with van der Waals surface area (Å²) in [6.45, 7) is 6.98. The molecule has 1 aromatic rings. The number of hydrogen-bond acceptors (Lipinski definition) is 4. The maximum absolute atomic E-state index is 12.1. The molecule has 116 valence electrons. The Balaban J connectivity index is 2.07. The van der Waals surface area contributed by atoms with Gasteiger partial charge in [0.05, 0.1) is 10.7 Å². The molecule has 0 aliphatic carbocycles. The van der Waals surface area contributed by atoms with Crippen molar-refractivity contribution >= 4 is 23.2 Å². The predicted molar refractivity (Wildman–Crippen MR) is 83.1 cm³/mol. The van der Waals surface area contributed by atoms with Crippen LogP contribution in [0.4, 0.5) is 5.69 Å². The number of hydrogen-bond donors (Lipinski definition) is 2. The number of halogens is 1. The van der Waals surface area contributed by atoms with Gasteiger partial charge in [0.2, 0.25) is 5.91 Å². The van der Waals surface area contributed by atoms with Gasteiger partial charge in [-0.1, -0.05) is 32.4 Å². The van der Waals surface area contributed by atoms with E-state index >= 15 is 0 Å². The van der Waals surface area contributed by atoms with Crippen LogP contribution in [0.5, 0.6) is 11.5 Å². The van der Waals surface area contributed by atoms with Crippen LogP contribution >= 0.6 is 11.6 Å². The van der Waals surface area contributed by atoms with Gasteiger partial charge in [0.1, 0.15) is 13.2 Å². The molecule has 21 heavy (non-hydrogen) atoms. The molecule has 2 rings (SSSR count). The van der Waals surface area contributed by atoms with Crippen molar-refractivity contribution in [2.45, 2.75) is 33.2 Å². The number of carbonyl (C=O) groups is 1. The Morgan fingerprint density at radius 1 is 1.33 bits per heavy atom. The van der Waals surface area contributed by atoms with Gasteiger partial charge in [-0.3, -0.25) is 4.79 Å². The Morgan fingerprint density at radius 3 is 2.48 bits per heavy atom. The Hall–Kier alpha value is -1.46. The summed E-state index contributed by atoms with van der Waals surface area (Å²) in [7, 11) is 0. The molecule has 0 saturated heterocycles. The van der Waals surface area contributed by atoms with Gasteiger partial charge in [-0.2, -0.15) is 0 Å². The van der Waals surface area contributed by atoms with Gasteiger partial charge in [0, 0.05) is 24.6 Å². The first-order valence-corrected chi connectivity index (χ1v) is 7.30. The van der Waals surface area contributed by atoms with Gasteiger partial charge in [0.25, 0.3) is 0 Å². The van der Waals surface area contributed by atoms with E-state index < -0.39 is 0 Å². The molecule has 1 unspecified atom stereocenters. The average Bonchev–Trinajstić information content (AvgIpc) is 2.38. The molecule has 0 bridgehead atoms. The molecule has 0 spiro atoms. The fourth-order valence-corrected chi connectivity index (χ4v) is 2.07. The second-order valence-electron chi connectivity index (χ2n) is 6.20. The minimum atomic E-state index is -0.228. The largest absolute Gasteiger partial charge is 0.486 e. The summed E-state index contributed by atoms with van der Waals surface area (Å²) < 4.78 is 10.9. The highest BCUT2D eigenvalue weighted by atomic mass is 35.5. The molecule has 0 aromatic heterocycles. The van der Waals surface area contributed by atoms with Crippen molar-refractivity contribution in [3.05, 3.63) is 17.2 Å². The van der Waals surface area contributed by atoms with Crippen LogP contribution in [0.1, 0.15) is 27.2 Å². The molecule has 3 N–H and O–H groups in total. The topological polar surface area (TPSA) is 73.6 Å². The summed E-state index contributed by atoms with van der Waals surface area (Å²) in [6.07, 6.45) is 0.230. The molecule has 6 heteroatoms. The van der Waals surface area contributed by atoms with Crippen LogP contribution in [0.2, 0.25) is 5.02 Å². The number of fused-ring (bicyclic) bond motifs is 1. The van der Waals surface area contributed by atoms with E-state index in [2.05, 4.69) is 5.32 Å². The summed E-state index contributed by atoms with van der Waals surface area (Å²) >= 11 is 6.15. The zero-order valence-corrected chi connectivity index (χ0v) is 13.3. The predicted octanol–water partition coefficient (Wildman–Crippen LogP) is 2.81. The lowest BCUT2D eigenvalue weighted by Crippen LogP contribution is -2.38. The first-order chi connectivity index (χ1) is 9.77. The molecule has 1 atom stereocenters. The number of ether oxygens (including phenoxy) is 2. The van der Waals surface area contributed by atoms with E-state index in [0.717, 1.165) is 0 Å². The van der Waals surface area contributed by atoms with Crippen LogP contribution in [0, 0.1) is 5.41 Å². The van der Waals surface area contributed by atoms with Crippen LogP contribution in [0.25, 0.3) is 0 Å². The van der Waals surface area contributed by atoms with Crippen molar-refractivity contribution < 1.29 is 14.3 Å². The van der Waals surface area contributed by atoms with E-state index in [0.29, 0.717) is 35.4 Å². The fourth-order valence-electron chi connectivity index (χ4n) is 1.87. The Kier molecular flexibility index (Phi) is 4.64. The third-order valence-electron chi connectivity index (χ3n) is 3.42. The van der Waals surface area contributed by atoms with Crippen LogP contribution in [0.3, 0.4) is 0 Å². The molecule has 0 fully saturated rings. The molecule has 1 heterocycles. The van der Waals surface area contributed by atoms with Crippen LogP contribution in [-0.4, -0.2) is 25.2 Å². The number of nitrogens with two attached hydrogens (primary N) is 1. The van der Waals surface area contributed by atoms with E-state index in [9.17, 15) is 4.79 Å². The summed E-state index contributed by atoms with van der Waals surface area (Å²) in [5.41, 5.74) is 6.39. The molecular weight excluding hydrogens is 292 g/mol. The fraction of sp³-hybridized carbons (Fsp3) is 0.533. The summed E-state index contributed by atoms with van der Waals surface area (Å²) in [5.74, 6) is 1.01. The average molecular weight is 313 g/mol. The summed E-state index contributed by atoms with van der Waals surface area (Å²) in [5, 5.41) is 3.19. The Morgan fingerprint density at radius 2 is 1.90 bits per heavy atom. The lowest BCUT2D eigenvalue weighted by Gasteiger charge is -2.26. The zero-order chi connectivity index (χ0) is 15.6. The van der Waals surface area contributed by atoms with E-state index in [1.165, 1.54) is 0 Å². The minimum absolute atomic E-state index is 0.131. The smallest absolute Gasteiger partial charge is 0.225 e. The second-order valence-corrected chi connectivity index (χ2v) is 6.61. The number of amides is 1. The Bertz CT molecular complexity index is 540. The number of carbonyl (C=O) groups excluding carboxylic acids is 1. The van der Waals surface area contributed by atoms with E-state index in [1.54, 1.807) is 12.1 Å². The minimum Gasteiger partial charge on any atom is -0.486 e. The molecule has 0 radical (unpaired) electrons. The lowest BCUT2D eigenvalue weighted by atomic mass is 9.85. The molecule has 0 saturated carbocycles. The zero-order valence-electron chi connectivity index (χ0n) is 12.5. The third-order valence-corrected chi connectivity index (χ3v) is 3.74. The van der Waals surface area contributed by atoms with Gasteiger partial charge in [-0.05, 0) is 5.41 Å². The first kappa shape index (κ1) is 15.9. The van der Waals surface area contributed by atoms with Crippen molar-refractivity contribution in [3.63, 3.8) is 0 Å². The molecular formula is C15H21ClN2O3. The van der Waals surface area contributed by atoms with Crippen LogP contribution in [0.15, 0.2) is 12.1 Å². The third kappa shape index (κ3) is 4.02. The molecule has 1 aliphatic rings. The van der Waals surface area contributed by atoms with Crippen LogP contribution in [-0.2, 0) is 4.79 Å². The van der Waals surface area contributed by atoms with E-state index in [-0.39, 0.29) is 23.8 Å². The van der Waals surface area contributed by atoms with Crippen molar-refractivity contribution in [2.24, 2.45) is 11.1 Å². The van der Waals surface area contributed by atoms with E-state index in [1.807, 2.05) is 20.8 Å². The first-order valence-electron chi connectivity index (χ1n) is 6.92. The Labute approximate surface area is 129 Å². The van der Waals surface area contributed by atoms with Gasteiger partial charge < -0.3 is 20.5 Å².